The molecule has 0 aromatic heterocycles. The lowest BCUT2D eigenvalue weighted by atomic mass is 9.78. The summed E-state index contributed by atoms with van der Waals surface area (Å²) in [5.41, 5.74) is 5.80. The molecule has 1 saturated heterocycles. The van der Waals surface area contributed by atoms with Crippen molar-refractivity contribution in [2.45, 2.75) is 52.5 Å². The number of carbonyl (C=O) groups excluding carboxylic acids is 1. The van der Waals surface area contributed by atoms with E-state index in [1.165, 1.54) is 13.0 Å². The van der Waals surface area contributed by atoms with Gasteiger partial charge in [0.05, 0.1) is 0 Å². The molecule has 4 heteroatoms. The number of nitrogens with zero attached hydrogens (tertiary/aromatic N) is 1. The van der Waals surface area contributed by atoms with Gasteiger partial charge in [-0.05, 0) is 51.6 Å². The molecule has 4 nitrogen and oxygen atoms in total. The highest BCUT2D eigenvalue weighted by molar-refractivity contribution is 5.75. The van der Waals surface area contributed by atoms with Crippen LogP contribution in [0.1, 0.15) is 47.0 Å². The minimum atomic E-state index is -0.263. The van der Waals surface area contributed by atoms with Gasteiger partial charge in [0, 0.05) is 25.0 Å². The van der Waals surface area contributed by atoms with Crippen LogP contribution in [0.3, 0.4) is 0 Å². The van der Waals surface area contributed by atoms with Crippen molar-refractivity contribution < 1.29 is 4.79 Å². The van der Waals surface area contributed by atoms with Gasteiger partial charge in [-0.2, -0.15) is 0 Å². The lowest BCUT2D eigenvalue weighted by molar-refractivity contribution is -0.122. The molecule has 1 unspecified atom stereocenters. The number of rotatable bonds is 6. The van der Waals surface area contributed by atoms with Gasteiger partial charge in [-0.15, -0.1) is 0 Å². The molecule has 1 heterocycles. The Hall–Kier alpha value is -0.610. The van der Waals surface area contributed by atoms with Crippen molar-refractivity contribution in [3.63, 3.8) is 0 Å². The summed E-state index contributed by atoms with van der Waals surface area (Å²) >= 11 is 0. The third-order valence-electron chi connectivity index (χ3n) is 4.23. The minimum absolute atomic E-state index is 0.123. The van der Waals surface area contributed by atoms with Crippen LogP contribution in [0.4, 0.5) is 0 Å². The third kappa shape index (κ3) is 5.91. The Balaban J connectivity index is 2.32. The van der Waals surface area contributed by atoms with Crippen molar-refractivity contribution in [2.75, 3.05) is 26.7 Å². The molecular formula is C15H31N3O. The predicted octanol–water partition coefficient (Wildman–Crippen LogP) is 1.60. The lowest BCUT2D eigenvalue weighted by Gasteiger charge is -2.32. The van der Waals surface area contributed by atoms with E-state index in [-0.39, 0.29) is 16.9 Å². The first kappa shape index (κ1) is 16.4. The second-order valence-corrected chi connectivity index (χ2v) is 7.50. The zero-order valence-corrected chi connectivity index (χ0v) is 13.3. The van der Waals surface area contributed by atoms with E-state index in [1.54, 1.807) is 0 Å². The van der Waals surface area contributed by atoms with E-state index in [9.17, 15) is 4.79 Å². The van der Waals surface area contributed by atoms with Crippen molar-refractivity contribution in [2.24, 2.45) is 17.1 Å². The Morgan fingerprint density at radius 3 is 2.47 bits per heavy atom. The van der Waals surface area contributed by atoms with Crippen molar-refractivity contribution in [3.8, 4) is 0 Å². The second kappa shape index (κ2) is 6.23. The molecule has 0 aromatic rings. The number of nitrogens with two attached hydrogens (primary N) is 1. The molecule has 0 bridgehead atoms. The number of carbonyl (C=O) groups is 1. The lowest BCUT2D eigenvalue weighted by Crippen LogP contribution is -2.40. The van der Waals surface area contributed by atoms with Crippen LogP contribution >= 0.6 is 0 Å². The molecule has 3 N–H and O–H groups in total. The van der Waals surface area contributed by atoms with E-state index in [4.69, 9.17) is 5.73 Å². The van der Waals surface area contributed by atoms with Crippen LogP contribution in [-0.2, 0) is 4.79 Å². The van der Waals surface area contributed by atoms with Gasteiger partial charge in [0.2, 0.25) is 5.91 Å². The van der Waals surface area contributed by atoms with Crippen LogP contribution in [0.25, 0.3) is 0 Å². The average molecular weight is 269 g/mol. The molecule has 1 atom stereocenters. The Labute approximate surface area is 118 Å². The van der Waals surface area contributed by atoms with Gasteiger partial charge >= 0.3 is 0 Å². The summed E-state index contributed by atoms with van der Waals surface area (Å²) in [7, 11) is 2.16. The van der Waals surface area contributed by atoms with Crippen LogP contribution < -0.4 is 11.1 Å². The first-order valence-electron chi connectivity index (χ1n) is 7.34. The van der Waals surface area contributed by atoms with Crippen LogP contribution in [-0.4, -0.2) is 43.0 Å². The summed E-state index contributed by atoms with van der Waals surface area (Å²) < 4.78 is 0. The van der Waals surface area contributed by atoms with Gasteiger partial charge in [0.25, 0.3) is 0 Å². The summed E-state index contributed by atoms with van der Waals surface area (Å²) in [5, 5.41) is 3.07. The van der Waals surface area contributed by atoms with Gasteiger partial charge in [0.15, 0.2) is 0 Å². The van der Waals surface area contributed by atoms with Crippen molar-refractivity contribution in [3.05, 3.63) is 0 Å². The van der Waals surface area contributed by atoms with Crippen molar-refractivity contribution in [1.82, 2.24) is 10.2 Å². The SMILES string of the molecule is CN1CCC(C(C)(C)CNC(=O)CCC(C)(C)N)C1. The fourth-order valence-electron chi connectivity index (χ4n) is 2.57. The van der Waals surface area contributed by atoms with Crippen molar-refractivity contribution in [1.29, 1.82) is 0 Å². The topological polar surface area (TPSA) is 58.4 Å². The normalized spacial score (nSPS) is 21.7. The van der Waals surface area contributed by atoms with Gasteiger partial charge in [-0.3, -0.25) is 4.79 Å². The van der Waals surface area contributed by atoms with Gasteiger partial charge in [0.1, 0.15) is 0 Å². The maximum absolute atomic E-state index is 11.8. The summed E-state index contributed by atoms with van der Waals surface area (Å²) in [6.45, 7) is 11.5. The average Bonchev–Trinajstić information content (AvgIpc) is 2.70. The van der Waals surface area contributed by atoms with Gasteiger partial charge < -0.3 is 16.0 Å². The van der Waals surface area contributed by atoms with Crippen LogP contribution in [0, 0.1) is 11.3 Å². The molecule has 19 heavy (non-hydrogen) atoms. The standard InChI is InChI=1S/C15H31N3O/c1-14(2,12-7-9-18(5)10-12)11-17-13(19)6-8-15(3,4)16/h12H,6-11,16H2,1-5H3,(H,17,19). The van der Waals surface area contributed by atoms with Gasteiger partial charge in [-0.25, -0.2) is 0 Å². The van der Waals surface area contributed by atoms with E-state index in [2.05, 4.69) is 31.1 Å². The molecule has 1 aliphatic rings. The van der Waals surface area contributed by atoms with Crippen LogP contribution in [0.15, 0.2) is 0 Å². The highest BCUT2D eigenvalue weighted by atomic mass is 16.1. The van der Waals surface area contributed by atoms with E-state index in [0.29, 0.717) is 12.3 Å². The Morgan fingerprint density at radius 2 is 2.00 bits per heavy atom. The highest BCUT2D eigenvalue weighted by Crippen LogP contribution is 2.33. The molecule has 0 aromatic carbocycles. The summed E-state index contributed by atoms with van der Waals surface area (Å²) in [4.78, 5) is 14.2. The number of nitrogens with one attached hydrogen (secondary N) is 1. The Kier molecular flexibility index (Phi) is 5.39. The summed E-state index contributed by atoms with van der Waals surface area (Å²) in [5.74, 6) is 0.793. The van der Waals surface area contributed by atoms with Crippen molar-refractivity contribution >= 4 is 5.91 Å². The molecule has 112 valence electrons. The number of likely N-dealkylation sites (tertiary alicyclic amines) is 1. The predicted molar refractivity (Wildman–Crippen MR) is 79.9 cm³/mol. The largest absolute Gasteiger partial charge is 0.356 e. The molecular weight excluding hydrogens is 238 g/mol. The quantitative estimate of drug-likeness (QED) is 0.770. The molecule has 1 amide bonds. The zero-order valence-electron chi connectivity index (χ0n) is 13.3. The van der Waals surface area contributed by atoms with Crippen LogP contribution in [0.2, 0.25) is 0 Å². The monoisotopic (exact) mass is 269 g/mol. The molecule has 1 rings (SSSR count). The molecule has 0 aliphatic carbocycles. The Bertz CT molecular complexity index is 307. The fourth-order valence-corrected chi connectivity index (χ4v) is 2.57. The highest BCUT2D eigenvalue weighted by Gasteiger charge is 2.34. The smallest absolute Gasteiger partial charge is 0.220 e. The Morgan fingerprint density at radius 1 is 1.37 bits per heavy atom. The van der Waals surface area contributed by atoms with E-state index in [1.807, 2.05) is 13.8 Å². The van der Waals surface area contributed by atoms with Gasteiger partial charge in [-0.1, -0.05) is 13.8 Å². The molecule has 0 saturated carbocycles. The maximum Gasteiger partial charge on any atom is 0.220 e. The number of hydrogen-bond acceptors (Lipinski definition) is 3. The van der Waals surface area contributed by atoms with E-state index in [0.717, 1.165) is 19.5 Å². The molecule has 0 spiro atoms. The summed E-state index contributed by atoms with van der Waals surface area (Å²) in [6.07, 6.45) is 2.48. The first-order valence-corrected chi connectivity index (χ1v) is 7.34. The van der Waals surface area contributed by atoms with E-state index >= 15 is 0 Å². The number of hydrogen-bond donors (Lipinski definition) is 2. The first-order chi connectivity index (χ1) is 8.60. The molecule has 1 fully saturated rings. The zero-order chi connectivity index (χ0) is 14.7. The van der Waals surface area contributed by atoms with Crippen LogP contribution in [0.5, 0.6) is 0 Å². The number of amides is 1. The van der Waals surface area contributed by atoms with E-state index < -0.39 is 0 Å². The fraction of sp³-hybridized carbons (Fsp3) is 0.933. The molecule has 1 aliphatic heterocycles. The third-order valence-corrected chi connectivity index (χ3v) is 4.23. The minimum Gasteiger partial charge on any atom is -0.356 e. The summed E-state index contributed by atoms with van der Waals surface area (Å²) in [6, 6.07) is 0. The molecule has 0 radical (unpaired) electrons. The maximum atomic E-state index is 11.8. The second-order valence-electron chi connectivity index (χ2n) is 7.50.